The average Bonchev–Trinajstić information content (AvgIpc) is 2.94. The van der Waals surface area contributed by atoms with Crippen LogP contribution in [0.2, 0.25) is 0 Å². The topological polar surface area (TPSA) is 83.6 Å². The first kappa shape index (κ1) is 30.8. The fourth-order valence-electron chi connectivity index (χ4n) is 4.53. The molecule has 0 radical (unpaired) electrons. The van der Waals surface area contributed by atoms with E-state index in [9.17, 15) is 9.59 Å². The lowest BCUT2D eigenvalue weighted by Crippen LogP contribution is -2.51. The SMILES string of the molecule is COc1ccc(NC(=O)N2CCN(CCN(CC=Cc3ccccc3OC)C(=O)CC(C)(C)C)CC2)c(OC)c1. The van der Waals surface area contributed by atoms with E-state index in [0.717, 1.165) is 30.9 Å². The van der Waals surface area contributed by atoms with Crippen molar-refractivity contribution in [2.24, 2.45) is 5.41 Å². The number of ether oxygens (including phenoxy) is 3. The first-order valence-electron chi connectivity index (χ1n) is 13.7. The zero-order valence-corrected chi connectivity index (χ0v) is 24.7. The zero-order valence-electron chi connectivity index (χ0n) is 24.7. The number of piperazine rings is 1. The van der Waals surface area contributed by atoms with Crippen LogP contribution in [0.5, 0.6) is 17.2 Å². The third-order valence-corrected chi connectivity index (χ3v) is 6.79. The fraction of sp³-hybridized carbons (Fsp3) is 0.484. The molecule has 1 N–H and O–H groups in total. The van der Waals surface area contributed by atoms with Crippen molar-refractivity contribution in [2.75, 3.05) is 72.5 Å². The van der Waals surface area contributed by atoms with Crippen molar-refractivity contribution in [2.45, 2.75) is 27.2 Å². The first-order chi connectivity index (χ1) is 19.1. The van der Waals surface area contributed by atoms with Gasteiger partial charge in [-0.1, -0.05) is 51.1 Å². The predicted octanol–water partition coefficient (Wildman–Crippen LogP) is 4.84. The van der Waals surface area contributed by atoms with Crippen molar-refractivity contribution in [1.29, 1.82) is 0 Å². The van der Waals surface area contributed by atoms with Crippen LogP contribution in [0.4, 0.5) is 10.5 Å². The van der Waals surface area contributed by atoms with Gasteiger partial charge in [-0.25, -0.2) is 4.79 Å². The lowest BCUT2D eigenvalue weighted by molar-refractivity contribution is -0.132. The Morgan fingerprint density at radius 2 is 1.65 bits per heavy atom. The number of anilines is 1. The Morgan fingerprint density at radius 1 is 0.950 bits per heavy atom. The molecule has 1 fully saturated rings. The molecule has 0 bridgehead atoms. The molecule has 40 heavy (non-hydrogen) atoms. The van der Waals surface area contributed by atoms with Crippen molar-refractivity contribution in [3.05, 3.63) is 54.1 Å². The molecule has 2 aromatic carbocycles. The molecule has 0 atom stereocenters. The number of urea groups is 1. The monoisotopic (exact) mass is 552 g/mol. The summed E-state index contributed by atoms with van der Waals surface area (Å²) in [6.07, 6.45) is 4.51. The molecule has 2 aromatic rings. The molecule has 3 amide bonds. The van der Waals surface area contributed by atoms with Gasteiger partial charge in [0.05, 0.1) is 27.0 Å². The minimum atomic E-state index is -0.161. The van der Waals surface area contributed by atoms with Gasteiger partial charge in [-0.2, -0.15) is 0 Å². The van der Waals surface area contributed by atoms with Crippen LogP contribution in [0.15, 0.2) is 48.5 Å². The van der Waals surface area contributed by atoms with Crippen molar-refractivity contribution >= 4 is 23.7 Å². The Balaban J connectivity index is 1.54. The number of benzene rings is 2. The highest BCUT2D eigenvalue weighted by atomic mass is 16.5. The van der Waals surface area contributed by atoms with Gasteiger partial charge in [-0.05, 0) is 23.6 Å². The number of hydrogen-bond acceptors (Lipinski definition) is 6. The number of methoxy groups -OCH3 is 3. The highest BCUT2D eigenvalue weighted by molar-refractivity contribution is 5.91. The Bertz CT molecular complexity index is 1150. The van der Waals surface area contributed by atoms with Crippen LogP contribution in [0, 0.1) is 5.41 Å². The van der Waals surface area contributed by atoms with Crippen LogP contribution >= 0.6 is 0 Å². The van der Waals surface area contributed by atoms with Crippen LogP contribution in [-0.4, -0.2) is 93.8 Å². The predicted molar refractivity (Wildman–Crippen MR) is 159 cm³/mol. The number of carbonyl (C=O) groups is 2. The number of nitrogens with zero attached hydrogens (tertiary/aromatic N) is 3. The average molecular weight is 553 g/mol. The van der Waals surface area contributed by atoms with Gasteiger partial charge in [0.1, 0.15) is 17.2 Å². The van der Waals surface area contributed by atoms with Gasteiger partial charge < -0.3 is 29.3 Å². The fourth-order valence-corrected chi connectivity index (χ4v) is 4.53. The van der Waals surface area contributed by atoms with E-state index in [0.29, 0.717) is 49.8 Å². The van der Waals surface area contributed by atoms with E-state index >= 15 is 0 Å². The van der Waals surface area contributed by atoms with Gasteiger partial charge in [0, 0.05) is 63.9 Å². The molecule has 1 heterocycles. The molecule has 3 rings (SSSR count). The van der Waals surface area contributed by atoms with E-state index in [1.807, 2.05) is 41.3 Å². The van der Waals surface area contributed by atoms with Crippen LogP contribution in [0.25, 0.3) is 6.08 Å². The smallest absolute Gasteiger partial charge is 0.322 e. The highest BCUT2D eigenvalue weighted by Gasteiger charge is 2.24. The van der Waals surface area contributed by atoms with E-state index in [1.54, 1.807) is 44.4 Å². The minimum absolute atomic E-state index is 0.0900. The number of rotatable bonds is 11. The summed E-state index contributed by atoms with van der Waals surface area (Å²) in [6.45, 7) is 10.8. The van der Waals surface area contributed by atoms with Gasteiger partial charge in [-0.15, -0.1) is 0 Å². The summed E-state index contributed by atoms with van der Waals surface area (Å²) in [7, 11) is 4.81. The summed E-state index contributed by atoms with van der Waals surface area (Å²) in [4.78, 5) is 32.1. The lowest BCUT2D eigenvalue weighted by Gasteiger charge is -2.36. The maximum atomic E-state index is 13.2. The molecule has 1 aliphatic rings. The van der Waals surface area contributed by atoms with Crippen LogP contribution in [0.1, 0.15) is 32.8 Å². The van der Waals surface area contributed by atoms with Crippen LogP contribution < -0.4 is 19.5 Å². The summed E-state index contributed by atoms with van der Waals surface area (Å²) < 4.78 is 16.1. The molecule has 0 saturated carbocycles. The van der Waals surface area contributed by atoms with Gasteiger partial charge in [0.2, 0.25) is 5.91 Å². The van der Waals surface area contributed by atoms with Crippen molar-refractivity contribution in [3.63, 3.8) is 0 Å². The van der Waals surface area contributed by atoms with Crippen molar-refractivity contribution < 1.29 is 23.8 Å². The van der Waals surface area contributed by atoms with E-state index in [2.05, 4.69) is 31.0 Å². The Kier molecular flexibility index (Phi) is 11.3. The van der Waals surface area contributed by atoms with Gasteiger partial charge in [0.25, 0.3) is 0 Å². The van der Waals surface area contributed by atoms with Crippen LogP contribution in [0.3, 0.4) is 0 Å². The molecule has 9 heteroatoms. The molecule has 0 unspecified atom stereocenters. The normalized spacial score (nSPS) is 14.2. The molecule has 1 saturated heterocycles. The molecule has 0 spiro atoms. The number of nitrogens with one attached hydrogen (secondary N) is 1. The summed E-state index contributed by atoms with van der Waals surface area (Å²) >= 11 is 0. The Labute approximate surface area is 238 Å². The van der Waals surface area contributed by atoms with E-state index in [1.165, 1.54) is 0 Å². The second-order valence-corrected chi connectivity index (χ2v) is 11.0. The largest absolute Gasteiger partial charge is 0.497 e. The summed E-state index contributed by atoms with van der Waals surface area (Å²) in [5.74, 6) is 2.15. The molecular weight excluding hydrogens is 508 g/mol. The third-order valence-electron chi connectivity index (χ3n) is 6.79. The minimum Gasteiger partial charge on any atom is -0.497 e. The molecule has 1 aliphatic heterocycles. The summed E-state index contributed by atoms with van der Waals surface area (Å²) in [5, 5.41) is 2.95. The molecule has 9 nitrogen and oxygen atoms in total. The molecule has 218 valence electrons. The second kappa shape index (κ2) is 14.6. The molecule has 0 aliphatic carbocycles. The molecular formula is C31H44N4O5. The summed E-state index contributed by atoms with van der Waals surface area (Å²) in [6, 6.07) is 13.0. The number of carbonyl (C=O) groups excluding carboxylic acids is 2. The standard InChI is InChI=1S/C31H44N4O5/c1-31(2,3)23-29(36)34(15-9-11-24-10-7-8-12-27(24)39-5)19-16-33-17-20-35(21-18-33)30(37)32-26-14-13-25(38-4)22-28(26)40-6/h7-14,22H,15-21,23H2,1-6H3,(H,32,37). The number of para-hydroxylation sites is 1. The lowest BCUT2D eigenvalue weighted by atomic mass is 9.91. The first-order valence-corrected chi connectivity index (χ1v) is 13.7. The number of hydrogen-bond donors (Lipinski definition) is 1. The maximum absolute atomic E-state index is 13.2. The summed E-state index contributed by atoms with van der Waals surface area (Å²) in [5.41, 5.74) is 1.49. The third kappa shape index (κ3) is 9.19. The van der Waals surface area contributed by atoms with Gasteiger partial charge >= 0.3 is 6.03 Å². The Morgan fingerprint density at radius 3 is 2.30 bits per heavy atom. The number of amides is 3. The van der Waals surface area contributed by atoms with Crippen molar-refractivity contribution in [3.8, 4) is 17.2 Å². The maximum Gasteiger partial charge on any atom is 0.322 e. The van der Waals surface area contributed by atoms with Gasteiger partial charge in [-0.3, -0.25) is 9.69 Å². The zero-order chi connectivity index (χ0) is 29.1. The van der Waals surface area contributed by atoms with Crippen LogP contribution in [-0.2, 0) is 4.79 Å². The second-order valence-electron chi connectivity index (χ2n) is 11.0. The van der Waals surface area contributed by atoms with E-state index in [4.69, 9.17) is 14.2 Å². The quantitative estimate of drug-likeness (QED) is 0.430. The van der Waals surface area contributed by atoms with E-state index in [-0.39, 0.29) is 17.4 Å². The van der Waals surface area contributed by atoms with Crippen molar-refractivity contribution in [1.82, 2.24) is 14.7 Å². The van der Waals surface area contributed by atoms with Gasteiger partial charge in [0.15, 0.2) is 0 Å². The molecule has 0 aromatic heterocycles. The highest BCUT2D eigenvalue weighted by Crippen LogP contribution is 2.29. The Hall–Kier alpha value is -3.72. The van der Waals surface area contributed by atoms with E-state index < -0.39 is 0 Å².